The van der Waals surface area contributed by atoms with Crippen LogP contribution in [0.5, 0.6) is 0 Å². The molecular formula is C15H23NO2S2. The normalized spacial score (nSPS) is 17.9. The van der Waals surface area contributed by atoms with E-state index in [4.69, 9.17) is 0 Å². The number of carbonyl (C=O) groups is 1. The van der Waals surface area contributed by atoms with Crippen molar-refractivity contribution >= 4 is 28.0 Å². The van der Waals surface area contributed by atoms with Gasteiger partial charge in [-0.25, -0.2) is 0 Å². The molecule has 2 rings (SSSR count). The van der Waals surface area contributed by atoms with E-state index in [0.717, 1.165) is 0 Å². The summed E-state index contributed by atoms with van der Waals surface area (Å²) in [5, 5.41) is 4.90. The van der Waals surface area contributed by atoms with Crippen LogP contribution < -0.4 is 5.32 Å². The molecule has 1 N–H and O–H groups in total. The zero-order valence-electron chi connectivity index (χ0n) is 12.0. The number of hydrogen-bond donors (Lipinski definition) is 1. The molecule has 1 saturated carbocycles. The van der Waals surface area contributed by atoms with Crippen molar-refractivity contribution in [1.29, 1.82) is 0 Å². The van der Waals surface area contributed by atoms with E-state index in [1.165, 1.54) is 42.5 Å². The van der Waals surface area contributed by atoms with Gasteiger partial charge in [0.1, 0.15) is 5.75 Å². The zero-order valence-corrected chi connectivity index (χ0v) is 13.7. The van der Waals surface area contributed by atoms with Crippen molar-refractivity contribution in [3.05, 3.63) is 21.9 Å². The third kappa shape index (κ3) is 5.02. The summed E-state index contributed by atoms with van der Waals surface area (Å²) in [6.45, 7) is 2.60. The van der Waals surface area contributed by atoms with Crippen LogP contribution in [-0.4, -0.2) is 21.6 Å². The summed E-state index contributed by atoms with van der Waals surface area (Å²) >= 11 is 1.65. The number of amides is 1. The van der Waals surface area contributed by atoms with Crippen molar-refractivity contribution in [2.75, 3.05) is 11.5 Å². The van der Waals surface area contributed by atoms with Gasteiger partial charge in [-0.2, -0.15) is 0 Å². The Bertz CT molecular complexity index is 464. The summed E-state index contributed by atoms with van der Waals surface area (Å²) in [5.74, 6) is 1.33. The van der Waals surface area contributed by atoms with Crippen LogP contribution in [0.25, 0.3) is 0 Å². The highest BCUT2D eigenvalue weighted by Gasteiger charge is 2.17. The van der Waals surface area contributed by atoms with E-state index in [-0.39, 0.29) is 11.7 Å². The molecule has 3 nitrogen and oxygen atoms in total. The van der Waals surface area contributed by atoms with E-state index in [0.29, 0.717) is 18.2 Å². The van der Waals surface area contributed by atoms with Gasteiger partial charge in [0.15, 0.2) is 0 Å². The predicted molar refractivity (Wildman–Crippen MR) is 85.4 cm³/mol. The van der Waals surface area contributed by atoms with Crippen LogP contribution in [0.15, 0.2) is 11.4 Å². The Balaban J connectivity index is 1.68. The first-order valence-corrected chi connectivity index (χ1v) is 9.66. The third-order valence-corrected chi connectivity index (χ3v) is 6.30. The van der Waals surface area contributed by atoms with Gasteiger partial charge in [-0.05, 0) is 42.7 Å². The van der Waals surface area contributed by atoms with Gasteiger partial charge in [0.2, 0.25) is 5.91 Å². The molecule has 1 heterocycles. The first kappa shape index (κ1) is 15.7. The highest BCUT2D eigenvalue weighted by Crippen LogP contribution is 2.24. The molecule has 20 heavy (non-hydrogen) atoms. The Labute approximate surface area is 127 Å². The molecule has 1 amide bonds. The molecule has 1 aliphatic carbocycles. The fourth-order valence-electron chi connectivity index (χ4n) is 2.64. The average molecular weight is 313 g/mol. The molecule has 1 aromatic rings. The van der Waals surface area contributed by atoms with Crippen LogP contribution in [0.1, 0.15) is 42.5 Å². The maximum absolute atomic E-state index is 12.0. The number of rotatable bonds is 6. The van der Waals surface area contributed by atoms with Gasteiger partial charge in [-0.15, -0.1) is 11.3 Å². The van der Waals surface area contributed by atoms with Gasteiger partial charge in [-0.1, -0.05) is 19.3 Å². The largest absolute Gasteiger partial charge is 0.350 e. The fraction of sp³-hybridized carbons (Fsp3) is 0.667. The van der Waals surface area contributed by atoms with Crippen LogP contribution in [0.2, 0.25) is 0 Å². The van der Waals surface area contributed by atoms with Gasteiger partial charge in [-0.3, -0.25) is 9.00 Å². The van der Waals surface area contributed by atoms with Gasteiger partial charge >= 0.3 is 0 Å². The molecule has 1 unspecified atom stereocenters. The molecular weight excluding hydrogens is 290 g/mol. The second-order valence-corrected chi connectivity index (χ2v) is 8.06. The lowest BCUT2D eigenvalue weighted by Crippen LogP contribution is -2.29. The third-order valence-electron chi connectivity index (χ3n) is 3.85. The topological polar surface area (TPSA) is 46.2 Å². The van der Waals surface area contributed by atoms with E-state index in [1.54, 1.807) is 11.3 Å². The molecule has 1 fully saturated rings. The molecule has 1 atom stereocenters. The predicted octanol–water partition coefficient (Wildman–Crippen LogP) is 3.00. The van der Waals surface area contributed by atoms with Crippen molar-refractivity contribution in [2.45, 2.75) is 45.6 Å². The van der Waals surface area contributed by atoms with Gasteiger partial charge in [0, 0.05) is 21.4 Å². The van der Waals surface area contributed by atoms with Crippen LogP contribution in [0.4, 0.5) is 0 Å². The molecule has 1 aromatic heterocycles. The highest BCUT2D eigenvalue weighted by atomic mass is 32.2. The first-order valence-electron chi connectivity index (χ1n) is 7.30. The molecule has 0 bridgehead atoms. The van der Waals surface area contributed by atoms with E-state index in [1.807, 2.05) is 18.4 Å². The number of hydrogen-bond acceptors (Lipinski definition) is 3. The number of carbonyl (C=O) groups excluding carboxylic acids is 1. The average Bonchev–Trinajstić information content (AvgIpc) is 2.83. The molecule has 0 aromatic carbocycles. The minimum atomic E-state index is -1.01. The maximum atomic E-state index is 12.0. The van der Waals surface area contributed by atoms with E-state index in [9.17, 15) is 9.00 Å². The minimum absolute atomic E-state index is 0.0908. The summed E-state index contributed by atoms with van der Waals surface area (Å²) in [6, 6.07) is 2.05. The van der Waals surface area contributed by atoms with Gasteiger partial charge < -0.3 is 5.32 Å². The first-order chi connectivity index (χ1) is 9.65. The lowest BCUT2D eigenvalue weighted by atomic mass is 9.91. The van der Waals surface area contributed by atoms with Crippen molar-refractivity contribution in [2.24, 2.45) is 5.92 Å². The van der Waals surface area contributed by atoms with E-state index in [2.05, 4.69) is 5.32 Å². The summed E-state index contributed by atoms with van der Waals surface area (Å²) in [5.41, 5.74) is 1.21. The second kappa shape index (κ2) is 7.93. The number of thiophene rings is 1. The molecule has 1 aliphatic rings. The lowest BCUT2D eigenvalue weighted by Gasteiger charge is -2.20. The van der Waals surface area contributed by atoms with Crippen molar-refractivity contribution in [3.8, 4) is 0 Å². The molecule has 0 radical (unpaired) electrons. The Morgan fingerprint density at radius 3 is 2.80 bits per heavy atom. The summed E-state index contributed by atoms with van der Waals surface area (Å²) in [6.07, 6.45) is 6.19. The molecule has 5 heteroatoms. The lowest BCUT2D eigenvalue weighted by molar-refractivity contribution is -0.118. The monoisotopic (exact) mass is 313 g/mol. The molecule has 0 aliphatic heterocycles. The van der Waals surface area contributed by atoms with Crippen molar-refractivity contribution in [3.63, 3.8) is 0 Å². The Hall–Kier alpha value is -0.680. The highest BCUT2D eigenvalue weighted by molar-refractivity contribution is 7.85. The summed E-state index contributed by atoms with van der Waals surface area (Å²) in [4.78, 5) is 13.0. The van der Waals surface area contributed by atoms with Crippen LogP contribution in [-0.2, 0) is 22.1 Å². The zero-order chi connectivity index (χ0) is 14.4. The Morgan fingerprint density at radius 1 is 1.40 bits per heavy atom. The van der Waals surface area contributed by atoms with Gasteiger partial charge in [0.25, 0.3) is 0 Å². The van der Waals surface area contributed by atoms with E-state index >= 15 is 0 Å². The second-order valence-electron chi connectivity index (χ2n) is 5.56. The van der Waals surface area contributed by atoms with Crippen LogP contribution in [0.3, 0.4) is 0 Å². The van der Waals surface area contributed by atoms with Crippen LogP contribution in [0, 0.1) is 12.8 Å². The SMILES string of the molecule is Cc1ccsc1CNC(=O)CS(=O)CC1CCCCC1. The Morgan fingerprint density at radius 2 is 2.15 bits per heavy atom. The number of aryl methyl sites for hydroxylation is 1. The van der Waals surface area contributed by atoms with Crippen molar-refractivity contribution in [1.82, 2.24) is 5.32 Å². The quantitative estimate of drug-likeness (QED) is 0.877. The molecule has 0 spiro atoms. The number of nitrogens with one attached hydrogen (secondary N) is 1. The smallest absolute Gasteiger partial charge is 0.232 e. The summed E-state index contributed by atoms with van der Waals surface area (Å²) < 4.78 is 12.0. The van der Waals surface area contributed by atoms with Gasteiger partial charge in [0.05, 0.1) is 6.54 Å². The van der Waals surface area contributed by atoms with Crippen LogP contribution >= 0.6 is 11.3 Å². The maximum Gasteiger partial charge on any atom is 0.232 e. The van der Waals surface area contributed by atoms with Crippen molar-refractivity contribution < 1.29 is 9.00 Å². The Kier molecular flexibility index (Phi) is 6.23. The standard InChI is InChI=1S/C15H23NO2S2/c1-12-7-8-19-14(12)9-16-15(17)11-20(18)10-13-5-3-2-4-6-13/h7-8,13H,2-6,9-11H2,1H3,(H,16,17). The fourth-order valence-corrected chi connectivity index (χ4v) is 4.85. The summed E-state index contributed by atoms with van der Waals surface area (Å²) in [7, 11) is -1.01. The minimum Gasteiger partial charge on any atom is -0.350 e. The van der Waals surface area contributed by atoms with E-state index < -0.39 is 10.8 Å². The molecule has 112 valence electrons. The molecule has 0 saturated heterocycles.